The Morgan fingerprint density at radius 2 is 1.62 bits per heavy atom. The fourth-order valence-corrected chi connectivity index (χ4v) is 1.44. The van der Waals surface area contributed by atoms with E-state index in [1.165, 1.54) is 11.1 Å². The van der Waals surface area contributed by atoms with Crippen LogP contribution >= 0.6 is 0 Å². The minimum atomic E-state index is 0.500. The molecule has 0 aromatic heterocycles. The number of hydrogen-bond acceptors (Lipinski definition) is 0. The van der Waals surface area contributed by atoms with Crippen LogP contribution in [0.4, 0.5) is 0 Å². The van der Waals surface area contributed by atoms with Crippen molar-refractivity contribution in [3.63, 3.8) is 0 Å². The summed E-state index contributed by atoms with van der Waals surface area (Å²) in [6.45, 7) is 8.77. The normalized spacial score (nSPS) is 11.2. The molecule has 0 bridgehead atoms. The fourth-order valence-electron chi connectivity index (χ4n) is 1.44. The molecule has 0 spiro atoms. The van der Waals surface area contributed by atoms with E-state index in [-0.39, 0.29) is 0 Å². The average molecular weight is 174 g/mol. The van der Waals surface area contributed by atoms with Crippen LogP contribution in [0.1, 0.15) is 44.7 Å². The van der Waals surface area contributed by atoms with Gasteiger partial charge in [-0.2, -0.15) is 0 Å². The molecule has 0 amide bonds. The number of rotatable bonds is 3. The maximum Gasteiger partial charge on any atom is 0.0195 e. The van der Waals surface area contributed by atoms with E-state index in [9.17, 15) is 0 Å². The molecule has 13 heavy (non-hydrogen) atoms. The first-order valence-electron chi connectivity index (χ1n) is 4.96. The molecule has 0 unspecified atom stereocenters. The molecule has 70 valence electrons. The number of benzene rings is 1. The van der Waals surface area contributed by atoms with Crippen molar-refractivity contribution in [2.45, 2.75) is 33.6 Å². The maximum absolute atomic E-state index is 3.45. The summed E-state index contributed by atoms with van der Waals surface area (Å²) in [4.78, 5) is 0. The smallest absolute Gasteiger partial charge is 0.0195 e. The van der Waals surface area contributed by atoms with E-state index in [2.05, 4.69) is 58.4 Å². The minimum absolute atomic E-state index is 0.500. The van der Waals surface area contributed by atoms with Crippen molar-refractivity contribution in [2.75, 3.05) is 0 Å². The van der Waals surface area contributed by atoms with Crippen LogP contribution in [-0.2, 0) is 0 Å². The Labute approximate surface area is 82.0 Å². The first-order chi connectivity index (χ1) is 6.11. The van der Waals surface area contributed by atoms with E-state index < -0.39 is 0 Å². The third-order valence-corrected chi connectivity index (χ3v) is 2.03. The van der Waals surface area contributed by atoms with Gasteiger partial charge in [0.25, 0.3) is 0 Å². The van der Waals surface area contributed by atoms with Crippen molar-refractivity contribution >= 4 is 0 Å². The Kier molecular flexibility index (Phi) is 3.53. The second-order valence-corrected chi connectivity index (χ2v) is 4.04. The molecule has 0 N–H and O–H groups in total. The van der Waals surface area contributed by atoms with E-state index in [1.807, 2.05) is 0 Å². The summed E-state index contributed by atoms with van der Waals surface area (Å²) >= 11 is 0. The molecule has 2 radical (unpaired) electrons. The molecule has 0 aliphatic carbocycles. The van der Waals surface area contributed by atoms with Crippen molar-refractivity contribution in [3.05, 3.63) is 41.8 Å². The fraction of sp³-hybridized carbons (Fsp3) is 0.462. The van der Waals surface area contributed by atoms with Crippen molar-refractivity contribution in [1.29, 1.82) is 0 Å². The lowest BCUT2D eigenvalue weighted by Crippen LogP contribution is -1.98. The summed E-state index contributed by atoms with van der Waals surface area (Å²) in [5.74, 6) is 1.09. The summed E-state index contributed by atoms with van der Waals surface area (Å²) in [5, 5.41) is 0. The molecule has 1 rings (SSSR count). The van der Waals surface area contributed by atoms with E-state index in [0.29, 0.717) is 11.8 Å². The molecule has 0 heterocycles. The van der Waals surface area contributed by atoms with E-state index >= 15 is 0 Å². The summed E-state index contributed by atoms with van der Waals surface area (Å²) in [7, 11) is 0. The van der Waals surface area contributed by atoms with Gasteiger partial charge in [-0.1, -0.05) is 52.0 Å². The lowest BCUT2D eigenvalue weighted by atomic mass is 9.92. The third kappa shape index (κ3) is 2.87. The highest BCUT2D eigenvalue weighted by atomic mass is 14.1. The van der Waals surface area contributed by atoms with Crippen LogP contribution in [0.5, 0.6) is 0 Å². The molecule has 0 aliphatic heterocycles. The molecule has 1 aromatic rings. The van der Waals surface area contributed by atoms with Crippen molar-refractivity contribution < 1.29 is 0 Å². The van der Waals surface area contributed by atoms with Gasteiger partial charge in [0, 0.05) is 6.42 Å². The zero-order valence-electron chi connectivity index (χ0n) is 8.96. The van der Waals surface area contributed by atoms with Gasteiger partial charge in [-0.15, -0.1) is 0 Å². The molecular formula is C13H18. The minimum Gasteiger partial charge on any atom is -0.0620 e. The van der Waals surface area contributed by atoms with Gasteiger partial charge in [-0.05, 0) is 23.0 Å². The molecule has 0 nitrogen and oxygen atoms in total. The van der Waals surface area contributed by atoms with Crippen LogP contribution in [0.3, 0.4) is 0 Å². The van der Waals surface area contributed by atoms with Gasteiger partial charge in [0.05, 0.1) is 0 Å². The Hall–Kier alpha value is -0.780. The quantitative estimate of drug-likeness (QED) is 0.652. The first-order valence-corrected chi connectivity index (χ1v) is 4.96. The van der Waals surface area contributed by atoms with E-state index in [4.69, 9.17) is 0 Å². The van der Waals surface area contributed by atoms with Crippen LogP contribution in [0.25, 0.3) is 0 Å². The lowest BCUT2D eigenvalue weighted by Gasteiger charge is -2.13. The molecule has 1 aromatic carbocycles. The second kappa shape index (κ2) is 4.45. The Morgan fingerprint density at radius 3 is 2.15 bits per heavy atom. The molecule has 0 aliphatic rings. The predicted molar refractivity (Wildman–Crippen MR) is 57.7 cm³/mol. The average Bonchev–Trinajstić information content (AvgIpc) is 2.03. The summed E-state index contributed by atoms with van der Waals surface area (Å²) in [6, 6.07) is 8.52. The molecular weight excluding hydrogens is 156 g/mol. The van der Waals surface area contributed by atoms with Gasteiger partial charge in [-0.25, -0.2) is 0 Å². The molecule has 0 fully saturated rings. The highest BCUT2D eigenvalue weighted by Gasteiger charge is 2.07. The van der Waals surface area contributed by atoms with Gasteiger partial charge in [-0.3, -0.25) is 0 Å². The zero-order valence-corrected chi connectivity index (χ0v) is 8.96. The van der Waals surface area contributed by atoms with Gasteiger partial charge < -0.3 is 0 Å². The maximum atomic E-state index is 3.45. The van der Waals surface area contributed by atoms with Gasteiger partial charge in [0.2, 0.25) is 0 Å². The lowest BCUT2D eigenvalue weighted by molar-refractivity contribution is 0.762. The van der Waals surface area contributed by atoms with Crippen molar-refractivity contribution in [3.8, 4) is 0 Å². The van der Waals surface area contributed by atoms with Crippen molar-refractivity contribution in [2.24, 2.45) is 5.92 Å². The summed E-state index contributed by atoms with van der Waals surface area (Å²) in [6.07, 6.45) is 3.45. The highest BCUT2D eigenvalue weighted by Crippen LogP contribution is 2.22. The molecule has 0 saturated heterocycles. The monoisotopic (exact) mass is 174 g/mol. The molecule has 0 heteroatoms. The second-order valence-electron chi connectivity index (χ2n) is 4.04. The Balaban J connectivity index is 2.91. The largest absolute Gasteiger partial charge is 0.0620 e. The SMILES string of the molecule is CC(C)[C]c1ccccc1C(C)C. The Bertz CT molecular complexity index is 258. The van der Waals surface area contributed by atoms with Crippen molar-refractivity contribution in [1.82, 2.24) is 0 Å². The first kappa shape index (κ1) is 10.3. The predicted octanol–water partition coefficient (Wildman–Crippen LogP) is 3.90. The van der Waals surface area contributed by atoms with Crippen LogP contribution in [0, 0.1) is 12.3 Å². The molecule has 0 atom stereocenters. The van der Waals surface area contributed by atoms with Gasteiger partial charge >= 0.3 is 0 Å². The Morgan fingerprint density at radius 1 is 1.00 bits per heavy atom. The van der Waals surface area contributed by atoms with E-state index in [0.717, 1.165) is 0 Å². The summed E-state index contributed by atoms with van der Waals surface area (Å²) in [5.41, 5.74) is 2.67. The van der Waals surface area contributed by atoms with Crippen LogP contribution in [0.2, 0.25) is 0 Å². The van der Waals surface area contributed by atoms with Crippen LogP contribution < -0.4 is 0 Å². The number of hydrogen-bond donors (Lipinski definition) is 0. The van der Waals surface area contributed by atoms with Gasteiger partial charge in [0.15, 0.2) is 0 Å². The van der Waals surface area contributed by atoms with Crippen LogP contribution in [0.15, 0.2) is 24.3 Å². The highest BCUT2D eigenvalue weighted by molar-refractivity contribution is 5.35. The third-order valence-electron chi connectivity index (χ3n) is 2.03. The van der Waals surface area contributed by atoms with E-state index in [1.54, 1.807) is 0 Å². The molecule has 0 saturated carbocycles. The zero-order chi connectivity index (χ0) is 9.84. The topological polar surface area (TPSA) is 0 Å². The van der Waals surface area contributed by atoms with Gasteiger partial charge in [0.1, 0.15) is 0 Å². The summed E-state index contributed by atoms with van der Waals surface area (Å²) < 4.78 is 0. The standard InChI is InChI=1S/C13H18/c1-10(2)9-12-7-5-6-8-13(12)11(3)4/h5-8,10-11H,1-4H3. The van der Waals surface area contributed by atoms with Crippen LogP contribution in [-0.4, -0.2) is 0 Å².